The Morgan fingerprint density at radius 2 is 1.75 bits per heavy atom. The molecule has 2 aromatic carbocycles. The molecule has 3 aromatic rings. The number of ether oxygens (including phenoxy) is 1. The molecule has 144 valence electrons. The summed E-state index contributed by atoms with van der Waals surface area (Å²) in [6.45, 7) is 0.203. The van der Waals surface area contributed by atoms with Crippen molar-refractivity contribution in [1.29, 1.82) is 0 Å². The quantitative estimate of drug-likeness (QED) is 0.366. The van der Waals surface area contributed by atoms with Crippen LogP contribution in [0.4, 0.5) is 5.82 Å². The first-order chi connectivity index (χ1) is 13.5. The van der Waals surface area contributed by atoms with Gasteiger partial charge in [0.15, 0.2) is 11.5 Å². The number of carbonyl (C=O) groups excluding carboxylic acids is 2. The fraction of sp³-hybridized carbons (Fsp3) is 0.111. The number of aromatic nitrogens is 3. The third-order valence-corrected chi connectivity index (χ3v) is 3.93. The number of nitrogens with zero attached hydrogens (tertiary/aromatic N) is 3. The molecule has 0 saturated heterocycles. The fourth-order valence-electron chi connectivity index (χ4n) is 2.42. The van der Waals surface area contributed by atoms with Gasteiger partial charge in [-0.2, -0.15) is 0 Å². The van der Waals surface area contributed by atoms with E-state index in [0.29, 0.717) is 17.0 Å². The summed E-state index contributed by atoms with van der Waals surface area (Å²) < 4.78 is 5.10. The molecule has 28 heavy (non-hydrogen) atoms. The summed E-state index contributed by atoms with van der Waals surface area (Å²) in [5, 5.41) is 19.5. The highest BCUT2D eigenvalue weighted by atomic mass is 16.5. The van der Waals surface area contributed by atoms with Crippen LogP contribution in [0.25, 0.3) is 5.69 Å². The molecule has 0 unspecified atom stereocenters. The van der Waals surface area contributed by atoms with Gasteiger partial charge in [0.05, 0.1) is 12.8 Å². The van der Waals surface area contributed by atoms with Gasteiger partial charge in [0, 0.05) is 12.1 Å². The fourth-order valence-corrected chi connectivity index (χ4v) is 2.42. The summed E-state index contributed by atoms with van der Waals surface area (Å²) in [5.41, 5.74) is 9.06. The van der Waals surface area contributed by atoms with E-state index in [-0.39, 0.29) is 18.1 Å². The monoisotopic (exact) mass is 382 g/mol. The minimum atomic E-state index is -0.612. The number of methoxy groups -OCH3 is 1. The average molecular weight is 382 g/mol. The van der Waals surface area contributed by atoms with Crippen LogP contribution in [0.5, 0.6) is 5.75 Å². The molecule has 3 rings (SSSR count). The summed E-state index contributed by atoms with van der Waals surface area (Å²) in [5.74, 6) is -0.402. The SMILES string of the molecule is COc1ccc(-n2nc(N)c(C(=O)NCc3ccc(C(=O)NO)cc3)n2)cc1. The molecule has 2 amide bonds. The van der Waals surface area contributed by atoms with Crippen molar-refractivity contribution >= 4 is 17.6 Å². The van der Waals surface area contributed by atoms with Gasteiger partial charge in [0.2, 0.25) is 0 Å². The molecule has 10 nitrogen and oxygen atoms in total. The Bertz CT molecular complexity index is 982. The van der Waals surface area contributed by atoms with Gasteiger partial charge in [0.25, 0.3) is 11.8 Å². The Morgan fingerprint density at radius 3 is 2.36 bits per heavy atom. The largest absolute Gasteiger partial charge is 0.497 e. The zero-order valence-corrected chi connectivity index (χ0v) is 14.9. The number of nitrogens with two attached hydrogens (primary N) is 1. The van der Waals surface area contributed by atoms with E-state index in [9.17, 15) is 9.59 Å². The molecule has 0 aliphatic carbocycles. The van der Waals surface area contributed by atoms with Crippen LogP contribution in [0.15, 0.2) is 48.5 Å². The van der Waals surface area contributed by atoms with Crippen LogP contribution >= 0.6 is 0 Å². The maximum atomic E-state index is 12.4. The van der Waals surface area contributed by atoms with Crippen molar-refractivity contribution in [3.05, 3.63) is 65.4 Å². The summed E-state index contributed by atoms with van der Waals surface area (Å²) >= 11 is 0. The molecule has 0 radical (unpaired) electrons. The molecule has 5 N–H and O–H groups in total. The van der Waals surface area contributed by atoms with Gasteiger partial charge in [-0.05, 0) is 42.0 Å². The normalized spacial score (nSPS) is 10.4. The molecule has 1 aromatic heterocycles. The summed E-state index contributed by atoms with van der Waals surface area (Å²) in [7, 11) is 1.57. The Hall–Kier alpha value is -3.92. The van der Waals surface area contributed by atoms with Crippen molar-refractivity contribution in [2.24, 2.45) is 0 Å². The molecule has 0 saturated carbocycles. The van der Waals surface area contributed by atoms with Crippen molar-refractivity contribution < 1.29 is 19.5 Å². The van der Waals surface area contributed by atoms with Crippen LogP contribution in [0.2, 0.25) is 0 Å². The number of amides is 2. The van der Waals surface area contributed by atoms with Gasteiger partial charge in [-0.25, -0.2) is 5.48 Å². The topological polar surface area (TPSA) is 144 Å². The third kappa shape index (κ3) is 4.07. The number of rotatable bonds is 6. The first kappa shape index (κ1) is 18.9. The molecule has 0 fully saturated rings. The third-order valence-electron chi connectivity index (χ3n) is 3.93. The number of carbonyl (C=O) groups is 2. The van der Waals surface area contributed by atoms with Gasteiger partial charge in [-0.1, -0.05) is 12.1 Å². The molecular weight excluding hydrogens is 364 g/mol. The minimum absolute atomic E-state index is 0.00304. The number of hydrogen-bond acceptors (Lipinski definition) is 7. The Morgan fingerprint density at radius 1 is 1.07 bits per heavy atom. The van der Waals surface area contributed by atoms with E-state index in [4.69, 9.17) is 15.7 Å². The first-order valence-electron chi connectivity index (χ1n) is 8.20. The Kier molecular flexibility index (Phi) is 5.51. The van der Waals surface area contributed by atoms with E-state index in [1.165, 1.54) is 16.9 Å². The summed E-state index contributed by atoms with van der Waals surface area (Å²) in [4.78, 5) is 25.0. The van der Waals surface area contributed by atoms with Crippen LogP contribution in [0.1, 0.15) is 26.4 Å². The second kappa shape index (κ2) is 8.18. The highest BCUT2D eigenvalue weighted by molar-refractivity contribution is 5.96. The number of hydrogen-bond donors (Lipinski definition) is 4. The standard InChI is InChI=1S/C18H18N6O4/c1-28-14-8-6-13(7-9-14)24-21-15(16(19)22-24)18(26)20-10-11-2-4-12(5-3-11)17(25)23-27/h2-9,27H,10H2,1H3,(H2,19,22)(H,20,26)(H,23,25). The predicted molar refractivity (Wildman–Crippen MR) is 99.2 cm³/mol. The predicted octanol–water partition coefficient (Wildman–Crippen LogP) is 0.907. The van der Waals surface area contributed by atoms with Gasteiger partial charge in [-0.15, -0.1) is 15.0 Å². The molecule has 0 aliphatic heterocycles. The van der Waals surface area contributed by atoms with E-state index in [0.717, 1.165) is 5.56 Å². The average Bonchev–Trinajstić information content (AvgIpc) is 3.13. The van der Waals surface area contributed by atoms with Crippen LogP contribution in [-0.2, 0) is 6.54 Å². The van der Waals surface area contributed by atoms with Gasteiger partial charge >= 0.3 is 0 Å². The number of anilines is 1. The highest BCUT2D eigenvalue weighted by Gasteiger charge is 2.17. The maximum Gasteiger partial charge on any atom is 0.275 e. The van der Waals surface area contributed by atoms with E-state index >= 15 is 0 Å². The highest BCUT2D eigenvalue weighted by Crippen LogP contribution is 2.15. The minimum Gasteiger partial charge on any atom is -0.497 e. The number of benzene rings is 2. The molecular formula is C18H18N6O4. The summed E-state index contributed by atoms with van der Waals surface area (Å²) in [6.07, 6.45) is 0. The van der Waals surface area contributed by atoms with Crippen molar-refractivity contribution in [2.45, 2.75) is 6.54 Å². The van der Waals surface area contributed by atoms with Crippen molar-refractivity contribution in [1.82, 2.24) is 25.8 Å². The van der Waals surface area contributed by atoms with Gasteiger partial charge < -0.3 is 15.8 Å². The number of hydroxylamine groups is 1. The van der Waals surface area contributed by atoms with Crippen molar-refractivity contribution in [3.63, 3.8) is 0 Å². The lowest BCUT2D eigenvalue weighted by atomic mass is 10.1. The Balaban J connectivity index is 1.67. The van der Waals surface area contributed by atoms with E-state index in [2.05, 4.69) is 15.5 Å². The molecule has 0 spiro atoms. The second-order valence-corrected chi connectivity index (χ2v) is 5.74. The first-order valence-corrected chi connectivity index (χ1v) is 8.20. The van der Waals surface area contributed by atoms with Crippen LogP contribution in [0.3, 0.4) is 0 Å². The smallest absolute Gasteiger partial charge is 0.275 e. The van der Waals surface area contributed by atoms with Crippen LogP contribution in [-0.4, -0.2) is 39.1 Å². The summed E-state index contributed by atoms with van der Waals surface area (Å²) in [6, 6.07) is 13.3. The zero-order chi connectivity index (χ0) is 20.1. The maximum absolute atomic E-state index is 12.4. The van der Waals surface area contributed by atoms with E-state index in [1.54, 1.807) is 49.0 Å². The lowest BCUT2D eigenvalue weighted by Crippen LogP contribution is -2.24. The van der Waals surface area contributed by atoms with Gasteiger partial charge in [0.1, 0.15) is 5.75 Å². The lowest BCUT2D eigenvalue weighted by molar-refractivity contribution is 0.0706. The lowest BCUT2D eigenvalue weighted by Gasteiger charge is -2.05. The Labute approximate surface area is 159 Å². The van der Waals surface area contributed by atoms with Crippen molar-refractivity contribution in [3.8, 4) is 11.4 Å². The molecule has 10 heteroatoms. The molecule has 1 heterocycles. The molecule has 0 aliphatic rings. The van der Waals surface area contributed by atoms with E-state index in [1.807, 2.05) is 0 Å². The molecule has 0 bridgehead atoms. The van der Waals surface area contributed by atoms with E-state index < -0.39 is 11.8 Å². The molecule has 0 atom stereocenters. The zero-order valence-electron chi connectivity index (χ0n) is 14.9. The van der Waals surface area contributed by atoms with Crippen LogP contribution in [0, 0.1) is 0 Å². The van der Waals surface area contributed by atoms with Gasteiger partial charge in [-0.3, -0.25) is 14.8 Å². The number of nitrogens with one attached hydrogen (secondary N) is 2. The second-order valence-electron chi connectivity index (χ2n) is 5.74. The number of nitrogen functional groups attached to an aromatic ring is 1. The van der Waals surface area contributed by atoms with Crippen LogP contribution < -0.4 is 21.3 Å². The van der Waals surface area contributed by atoms with Crippen molar-refractivity contribution in [2.75, 3.05) is 12.8 Å².